The van der Waals surface area contributed by atoms with E-state index in [1.165, 1.54) is 0 Å². The summed E-state index contributed by atoms with van der Waals surface area (Å²) in [5.41, 5.74) is -0.647. The van der Waals surface area contributed by atoms with Crippen molar-refractivity contribution in [2.24, 2.45) is 11.8 Å². The van der Waals surface area contributed by atoms with E-state index in [4.69, 9.17) is 0 Å². The predicted octanol–water partition coefficient (Wildman–Crippen LogP) is 6.82. The van der Waals surface area contributed by atoms with E-state index in [1.807, 2.05) is 26.1 Å². The van der Waals surface area contributed by atoms with Crippen molar-refractivity contribution in [1.82, 2.24) is 9.88 Å². The third-order valence-corrected chi connectivity index (χ3v) is 6.63. The van der Waals surface area contributed by atoms with Gasteiger partial charge < -0.3 is 10.2 Å². The van der Waals surface area contributed by atoms with Crippen LogP contribution in [0, 0.1) is 37.1 Å². The van der Waals surface area contributed by atoms with Crippen LogP contribution in [0.25, 0.3) is 0 Å². The van der Waals surface area contributed by atoms with E-state index in [-0.39, 0.29) is 24.2 Å². The number of aryl methyl sites for hydroxylation is 2. The molecule has 1 aromatic carbocycles. The number of nitriles is 1. The van der Waals surface area contributed by atoms with Crippen molar-refractivity contribution in [3.8, 4) is 6.19 Å². The van der Waals surface area contributed by atoms with Crippen molar-refractivity contribution in [2.75, 3.05) is 5.32 Å². The summed E-state index contributed by atoms with van der Waals surface area (Å²) in [7, 11) is 0. The maximum absolute atomic E-state index is 13.2. The molecule has 4 nitrogen and oxygen atoms in total. The standard InChI is InChI=1S/C25H26F6N4/c1-14-7-19(23(33-15(14)2)34-22(17-3-4-17)18-5-6-18)12-35(13-32)11-16-8-20(24(26,27)28)10-21(9-16)25(29,30)31/h7-10,17-18,22H,3-6,11-12H2,1-2H3,(H,33,34). The average Bonchev–Trinajstić information content (AvgIpc) is 3.67. The summed E-state index contributed by atoms with van der Waals surface area (Å²) in [5, 5.41) is 13.2. The van der Waals surface area contributed by atoms with Crippen LogP contribution in [0.1, 0.15) is 59.2 Å². The Morgan fingerprint density at radius 3 is 1.94 bits per heavy atom. The molecule has 0 atom stereocenters. The number of nitrogens with one attached hydrogen (secondary N) is 1. The third-order valence-electron chi connectivity index (χ3n) is 6.63. The first-order valence-electron chi connectivity index (χ1n) is 11.5. The molecule has 2 fully saturated rings. The van der Waals surface area contributed by atoms with Crippen LogP contribution >= 0.6 is 0 Å². The number of nitrogens with zero attached hydrogens (tertiary/aromatic N) is 3. The molecule has 1 N–H and O–H groups in total. The summed E-state index contributed by atoms with van der Waals surface area (Å²) in [6.45, 7) is 3.35. The Hall–Kier alpha value is -2.96. The minimum Gasteiger partial charge on any atom is -0.366 e. The molecule has 4 rings (SSSR count). The number of rotatable bonds is 8. The highest BCUT2D eigenvalue weighted by Crippen LogP contribution is 2.46. The average molecular weight is 496 g/mol. The highest BCUT2D eigenvalue weighted by atomic mass is 19.4. The van der Waals surface area contributed by atoms with Crippen molar-refractivity contribution in [2.45, 2.75) is 71.0 Å². The largest absolute Gasteiger partial charge is 0.416 e. The van der Waals surface area contributed by atoms with Crippen LogP contribution < -0.4 is 5.32 Å². The van der Waals surface area contributed by atoms with Gasteiger partial charge in [-0.3, -0.25) is 0 Å². The maximum Gasteiger partial charge on any atom is 0.416 e. The Balaban J connectivity index is 1.60. The molecule has 188 valence electrons. The molecule has 0 spiro atoms. The van der Waals surface area contributed by atoms with E-state index >= 15 is 0 Å². The molecule has 10 heteroatoms. The van der Waals surface area contributed by atoms with E-state index in [2.05, 4.69) is 10.3 Å². The van der Waals surface area contributed by atoms with Crippen molar-refractivity contribution < 1.29 is 26.3 Å². The zero-order valence-electron chi connectivity index (χ0n) is 19.4. The van der Waals surface area contributed by atoms with E-state index in [1.54, 1.807) is 0 Å². The highest BCUT2D eigenvalue weighted by Gasteiger charge is 2.42. The molecule has 0 saturated heterocycles. The SMILES string of the molecule is Cc1cc(CN(C#N)Cc2cc(C(F)(F)F)cc(C(F)(F)F)c2)c(NC(C2CC2)C2CC2)nc1C. The first-order valence-corrected chi connectivity index (χ1v) is 11.5. The van der Waals surface area contributed by atoms with Gasteiger partial charge in [-0.1, -0.05) is 0 Å². The summed E-state index contributed by atoms with van der Waals surface area (Å²) in [5.74, 6) is 1.78. The molecule has 0 aliphatic heterocycles. The number of aromatic nitrogens is 1. The van der Waals surface area contributed by atoms with Gasteiger partial charge in [0.05, 0.1) is 24.2 Å². The summed E-state index contributed by atoms with van der Waals surface area (Å²) in [4.78, 5) is 5.82. The van der Waals surface area contributed by atoms with Crippen LogP contribution in [-0.2, 0) is 25.4 Å². The van der Waals surface area contributed by atoms with Crippen molar-refractivity contribution in [3.05, 3.63) is 57.8 Å². The van der Waals surface area contributed by atoms with Gasteiger partial charge in [0.25, 0.3) is 0 Å². The fraction of sp³-hybridized carbons (Fsp3) is 0.520. The zero-order valence-corrected chi connectivity index (χ0v) is 19.4. The molecule has 0 amide bonds. The van der Waals surface area contributed by atoms with Gasteiger partial charge in [0.1, 0.15) is 5.82 Å². The Bertz CT molecular complexity index is 1080. The summed E-state index contributed by atoms with van der Waals surface area (Å²) in [6, 6.07) is 3.57. The van der Waals surface area contributed by atoms with Gasteiger partial charge in [0, 0.05) is 17.3 Å². The van der Waals surface area contributed by atoms with Crippen molar-refractivity contribution >= 4 is 5.82 Å². The fourth-order valence-corrected chi connectivity index (χ4v) is 4.36. The number of benzene rings is 1. The Kier molecular flexibility index (Phi) is 6.64. The maximum atomic E-state index is 13.2. The van der Waals surface area contributed by atoms with Gasteiger partial charge in [0.2, 0.25) is 0 Å². The Morgan fingerprint density at radius 2 is 1.49 bits per heavy atom. The van der Waals surface area contributed by atoms with Crippen molar-refractivity contribution in [3.63, 3.8) is 0 Å². The normalized spacial score (nSPS) is 16.3. The lowest BCUT2D eigenvalue weighted by Crippen LogP contribution is -2.27. The first-order chi connectivity index (χ1) is 16.3. The minimum absolute atomic E-state index is 0.00655. The zero-order chi connectivity index (χ0) is 25.5. The molecule has 0 unspecified atom stereocenters. The molecule has 2 aliphatic carbocycles. The number of hydrogen-bond donors (Lipinski definition) is 1. The second-order valence-electron chi connectivity index (χ2n) is 9.61. The quantitative estimate of drug-likeness (QED) is 0.248. The lowest BCUT2D eigenvalue weighted by molar-refractivity contribution is -0.143. The third kappa shape index (κ3) is 6.19. The van der Waals surface area contributed by atoms with Crippen molar-refractivity contribution in [1.29, 1.82) is 5.26 Å². The summed E-state index contributed by atoms with van der Waals surface area (Å²) in [6.07, 6.45) is -3.37. The van der Waals surface area contributed by atoms with Gasteiger partial charge in [-0.15, -0.1) is 0 Å². The van der Waals surface area contributed by atoms with Gasteiger partial charge >= 0.3 is 12.4 Å². The molecule has 35 heavy (non-hydrogen) atoms. The monoisotopic (exact) mass is 496 g/mol. The molecule has 0 radical (unpaired) electrons. The number of halogens is 6. The lowest BCUT2D eigenvalue weighted by atomic mass is 10.0. The second-order valence-corrected chi connectivity index (χ2v) is 9.61. The predicted molar refractivity (Wildman–Crippen MR) is 118 cm³/mol. The number of hydrogen-bond acceptors (Lipinski definition) is 4. The number of alkyl halides is 6. The first kappa shape index (κ1) is 25.1. The second kappa shape index (κ2) is 9.25. The molecular weight excluding hydrogens is 470 g/mol. The van der Waals surface area contributed by atoms with Crippen LogP contribution in [0.15, 0.2) is 24.3 Å². The highest BCUT2D eigenvalue weighted by molar-refractivity contribution is 5.49. The van der Waals surface area contributed by atoms with E-state index < -0.39 is 30.0 Å². The fourth-order valence-electron chi connectivity index (χ4n) is 4.36. The van der Waals surface area contributed by atoms with Crippen LogP contribution in [0.3, 0.4) is 0 Å². The Morgan fingerprint density at radius 1 is 0.943 bits per heavy atom. The van der Waals surface area contributed by atoms with Gasteiger partial charge in [-0.25, -0.2) is 4.98 Å². The number of pyridine rings is 1. The van der Waals surface area contributed by atoms with Gasteiger partial charge in [0.15, 0.2) is 6.19 Å². The molecule has 2 aromatic rings. The Labute approximate surface area is 200 Å². The molecule has 1 heterocycles. The molecule has 2 aliphatic rings. The van der Waals surface area contributed by atoms with E-state index in [9.17, 15) is 31.6 Å². The molecule has 0 bridgehead atoms. The summed E-state index contributed by atoms with van der Waals surface area (Å²) >= 11 is 0. The van der Waals surface area contributed by atoms with Gasteiger partial charge in [-0.05, 0) is 86.8 Å². The van der Waals surface area contributed by atoms with E-state index in [0.717, 1.165) is 41.8 Å². The number of anilines is 1. The van der Waals surface area contributed by atoms with Crippen LogP contribution in [-0.4, -0.2) is 15.9 Å². The van der Waals surface area contributed by atoms with Gasteiger partial charge in [-0.2, -0.15) is 31.6 Å². The minimum atomic E-state index is -4.94. The van der Waals surface area contributed by atoms with Crippen LogP contribution in [0.2, 0.25) is 0 Å². The van der Waals surface area contributed by atoms with Crippen LogP contribution in [0.5, 0.6) is 0 Å². The van der Waals surface area contributed by atoms with E-state index in [0.29, 0.717) is 35.3 Å². The molecule has 1 aromatic heterocycles. The summed E-state index contributed by atoms with van der Waals surface area (Å²) < 4.78 is 79.4. The lowest BCUT2D eigenvalue weighted by Gasteiger charge is -2.24. The van der Waals surface area contributed by atoms with Crippen LogP contribution in [0.4, 0.5) is 32.2 Å². The molecular formula is C25H26F6N4. The smallest absolute Gasteiger partial charge is 0.366 e. The topological polar surface area (TPSA) is 52.0 Å². The molecule has 2 saturated carbocycles.